The van der Waals surface area contributed by atoms with E-state index in [0.29, 0.717) is 0 Å². The molecule has 0 atom stereocenters. The minimum Gasteiger partial charge on any atom is -0.481 e. The van der Waals surface area contributed by atoms with E-state index in [1.807, 2.05) is 19.1 Å². The van der Waals surface area contributed by atoms with Gasteiger partial charge in [0.1, 0.15) is 5.75 Å². The molecule has 3 nitrogen and oxygen atoms in total. The highest BCUT2D eigenvalue weighted by Gasteiger charge is 2.18. The number of anilines is 1. The second-order valence-electron chi connectivity index (χ2n) is 5.11. The van der Waals surface area contributed by atoms with Crippen LogP contribution in [0.1, 0.15) is 16.7 Å². The molecule has 1 heterocycles. The molecule has 0 saturated heterocycles. The van der Waals surface area contributed by atoms with Gasteiger partial charge in [-0.15, -0.1) is 0 Å². The number of nitrogens with one attached hydrogen (secondary N) is 1. The Hall–Kier alpha value is -2.29. The summed E-state index contributed by atoms with van der Waals surface area (Å²) in [7, 11) is 0. The molecule has 102 valence electrons. The minimum atomic E-state index is -0.0860. The van der Waals surface area contributed by atoms with Crippen LogP contribution in [0.5, 0.6) is 5.75 Å². The standard InChI is InChI=1S/C17H17NO2/c1-12-9-14(8-7-13-5-3-2-4-6-13)10-15-17(12)20-11-16(19)18-15/h2-6,9-10H,7-8,11H2,1H3,(H,18,19). The first-order valence-corrected chi connectivity index (χ1v) is 6.82. The fourth-order valence-corrected chi connectivity index (χ4v) is 2.53. The van der Waals surface area contributed by atoms with Crippen molar-refractivity contribution in [3.05, 3.63) is 59.2 Å². The van der Waals surface area contributed by atoms with Crippen molar-refractivity contribution in [3.8, 4) is 5.75 Å². The monoisotopic (exact) mass is 267 g/mol. The summed E-state index contributed by atoms with van der Waals surface area (Å²) in [5, 5.41) is 2.88. The van der Waals surface area contributed by atoms with Gasteiger partial charge in [-0.2, -0.15) is 0 Å². The van der Waals surface area contributed by atoms with Crippen molar-refractivity contribution in [2.45, 2.75) is 19.8 Å². The van der Waals surface area contributed by atoms with E-state index >= 15 is 0 Å². The molecule has 1 aliphatic heterocycles. The van der Waals surface area contributed by atoms with E-state index in [0.717, 1.165) is 29.8 Å². The fraction of sp³-hybridized carbons (Fsp3) is 0.235. The number of fused-ring (bicyclic) bond motifs is 1. The molecule has 0 saturated carbocycles. The molecular weight excluding hydrogens is 250 g/mol. The Bertz CT molecular complexity index is 635. The van der Waals surface area contributed by atoms with Crippen molar-refractivity contribution in [1.29, 1.82) is 0 Å². The summed E-state index contributed by atoms with van der Waals surface area (Å²) >= 11 is 0. The summed E-state index contributed by atoms with van der Waals surface area (Å²) in [5.74, 6) is 0.713. The molecule has 0 radical (unpaired) electrons. The van der Waals surface area contributed by atoms with E-state index < -0.39 is 0 Å². The zero-order valence-electron chi connectivity index (χ0n) is 11.5. The van der Waals surface area contributed by atoms with Gasteiger partial charge in [0, 0.05) is 0 Å². The Morgan fingerprint density at radius 2 is 1.85 bits per heavy atom. The Morgan fingerprint density at radius 3 is 2.65 bits per heavy atom. The highest BCUT2D eigenvalue weighted by Crippen LogP contribution is 2.33. The van der Waals surface area contributed by atoms with E-state index in [4.69, 9.17) is 4.74 Å². The van der Waals surface area contributed by atoms with E-state index in [2.05, 4.69) is 35.6 Å². The van der Waals surface area contributed by atoms with Crippen LogP contribution in [0, 0.1) is 6.92 Å². The number of amides is 1. The molecule has 1 N–H and O–H groups in total. The van der Waals surface area contributed by atoms with Crippen LogP contribution in [0.15, 0.2) is 42.5 Å². The summed E-state index contributed by atoms with van der Waals surface area (Å²) in [6.45, 7) is 2.12. The Balaban J connectivity index is 1.79. The molecule has 3 heteroatoms. The van der Waals surface area contributed by atoms with Crippen LogP contribution in [0.25, 0.3) is 0 Å². The van der Waals surface area contributed by atoms with Crippen LogP contribution >= 0.6 is 0 Å². The van der Waals surface area contributed by atoms with Gasteiger partial charge in [0.25, 0.3) is 5.91 Å². The number of hydrogen-bond acceptors (Lipinski definition) is 2. The quantitative estimate of drug-likeness (QED) is 0.928. The van der Waals surface area contributed by atoms with Crippen molar-refractivity contribution in [2.75, 3.05) is 11.9 Å². The van der Waals surface area contributed by atoms with Gasteiger partial charge in [-0.3, -0.25) is 4.79 Å². The maximum Gasteiger partial charge on any atom is 0.262 e. The van der Waals surface area contributed by atoms with Gasteiger partial charge in [-0.05, 0) is 42.5 Å². The van der Waals surface area contributed by atoms with Crippen molar-refractivity contribution in [1.82, 2.24) is 0 Å². The van der Waals surface area contributed by atoms with Gasteiger partial charge in [0.05, 0.1) is 5.69 Å². The Labute approximate surface area is 118 Å². The zero-order valence-corrected chi connectivity index (χ0v) is 11.5. The molecule has 2 aromatic carbocycles. The predicted octanol–water partition coefficient (Wildman–Crippen LogP) is 3.11. The van der Waals surface area contributed by atoms with E-state index in [-0.39, 0.29) is 12.5 Å². The fourth-order valence-electron chi connectivity index (χ4n) is 2.53. The summed E-state index contributed by atoms with van der Waals surface area (Å²) in [6, 6.07) is 14.6. The lowest BCUT2D eigenvalue weighted by Crippen LogP contribution is -2.26. The van der Waals surface area contributed by atoms with Crippen molar-refractivity contribution in [2.24, 2.45) is 0 Å². The molecule has 0 aliphatic carbocycles. The zero-order chi connectivity index (χ0) is 13.9. The maximum absolute atomic E-state index is 11.4. The second kappa shape index (κ2) is 5.37. The van der Waals surface area contributed by atoms with Crippen LogP contribution < -0.4 is 10.1 Å². The molecule has 20 heavy (non-hydrogen) atoms. The topological polar surface area (TPSA) is 38.3 Å². The first-order chi connectivity index (χ1) is 9.72. The van der Waals surface area contributed by atoms with Crippen LogP contribution in [-0.2, 0) is 17.6 Å². The van der Waals surface area contributed by atoms with Gasteiger partial charge in [0.15, 0.2) is 6.61 Å². The molecule has 0 aromatic heterocycles. The lowest BCUT2D eigenvalue weighted by molar-refractivity contribution is -0.118. The number of rotatable bonds is 3. The number of carbonyl (C=O) groups excluding carboxylic acids is 1. The third kappa shape index (κ3) is 2.67. The van der Waals surface area contributed by atoms with Gasteiger partial charge in [-0.1, -0.05) is 36.4 Å². The van der Waals surface area contributed by atoms with Crippen LogP contribution in [0.3, 0.4) is 0 Å². The molecule has 0 bridgehead atoms. The van der Waals surface area contributed by atoms with Crippen molar-refractivity contribution >= 4 is 11.6 Å². The van der Waals surface area contributed by atoms with Crippen LogP contribution in [-0.4, -0.2) is 12.5 Å². The molecule has 0 spiro atoms. The van der Waals surface area contributed by atoms with E-state index in [1.54, 1.807) is 0 Å². The molecule has 0 unspecified atom stereocenters. The normalized spacial score (nSPS) is 13.3. The number of aryl methyl sites for hydroxylation is 3. The third-order valence-corrected chi connectivity index (χ3v) is 3.50. The second-order valence-corrected chi connectivity index (χ2v) is 5.11. The third-order valence-electron chi connectivity index (χ3n) is 3.50. The molecule has 1 amide bonds. The Morgan fingerprint density at radius 1 is 1.10 bits per heavy atom. The number of benzene rings is 2. The number of ether oxygens (including phenoxy) is 1. The van der Waals surface area contributed by atoms with Crippen LogP contribution in [0.2, 0.25) is 0 Å². The highest BCUT2D eigenvalue weighted by molar-refractivity contribution is 5.95. The molecule has 1 aliphatic rings. The van der Waals surface area contributed by atoms with Gasteiger partial charge >= 0.3 is 0 Å². The van der Waals surface area contributed by atoms with E-state index in [1.165, 1.54) is 11.1 Å². The van der Waals surface area contributed by atoms with Crippen molar-refractivity contribution in [3.63, 3.8) is 0 Å². The summed E-state index contributed by atoms with van der Waals surface area (Å²) in [5.41, 5.74) is 4.41. The molecule has 0 fully saturated rings. The van der Waals surface area contributed by atoms with Gasteiger partial charge in [0.2, 0.25) is 0 Å². The lowest BCUT2D eigenvalue weighted by atomic mass is 10.0. The maximum atomic E-state index is 11.4. The van der Waals surface area contributed by atoms with Crippen LogP contribution in [0.4, 0.5) is 5.69 Å². The van der Waals surface area contributed by atoms with E-state index in [9.17, 15) is 4.79 Å². The summed E-state index contributed by atoms with van der Waals surface area (Å²) in [6.07, 6.45) is 1.95. The summed E-state index contributed by atoms with van der Waals surface area (Å²) in [4.78, 5) is 11.4. The first-order valence-electron chi connectivity index (χ1n) is 6.82. The average molecular weight is 267 g/mol. The highest BCUT2D eigenvalue weighted by atomic mass is 16.5. The first kappa shape index (κ1) is 12.7. The SMILES string of the molecule is Cc1cc(CCc2ccccc2)cc2c1OCC(=O)N2. The molecule has 3 rings (SSSR count). The Kier molecular flexibility index (Phi) is 3.42. The summed E-state index contributed by atoms with van der Waals surface area (Å²) < 4.78 is 5.47. The van der Waals surface area contributed by atoms with Crippen molar-refractivity contribution < 1.29 is 9.53 Å². The minimum absolute atomic E-state index is 0.0860. The number of carbonyl (C=O) groups is 1. The largest absolute Gasteiger partial charge is 0.481 e. The lowest BCUT2D eigenvalue weighted by Gasteiger charge is -2.20. The predicted molar refractivity (Wildman–Crippen MR) is 79.2 cm³/mol. The molecular formula is C17H17NO2. The van der Waals surface area contributed by atoms with Gasteiger partial charge < -0.3 is 10.1 Å². The molecule has 2 aromatic rings. The smallest absolute Gasteiger partial charge is 0.262 e. The average Bonchev–Trinajstić information content (AvgIpc) is 2.46. The van der Waals surface area contributed by atoms with Gasteiger partial charge in [-0.25, -0.2) is 0 Å². The number of hydrogen-bond donors (Lipinski definition) is 1.